The van der Waals surface area contributed by atoms with Gasteiger partial charge in [-0.2, -0.15) is 0 Å². The number of ether oxygens (including phenoxy) is 1. The van der Waals surface area contributed by atoms with Crippen molar-refractivity contribution in [2.75, 3.05) is 21.2 Å². The van der Waals surface area contributed by atoms with Crippen LogP contribution >= 0.6 is 0 Å². The third kappa shape index (κ3) is 5.07. The maximum Gasteiger partial charge on any atom is 0.123 e. The molecule has 1 aromatic rings. The summed E-state index contributed by atoms with van der Waals surface area (Å²) in [7, 11) is 5.86. The summed E-state index contributed by atoms with van der Waals surface area (Å²) in [6.45, 7) is 8.31. The van der Waals surface area contributed by atoms with Crippen LogP contribution in [-0.4, -0.2) is 31.6 Å². The highest BCUT2D eigenvalue weighted by molar-refractivity contribution is 5.37. The number of methoxy groups -OCH3 is 1. The molecule has 0 saturated heterocycles. The summed E-state index contributed by atoms with van der Waals surface area (Å²) in [4.78, 5) is 2.15. The first-order chi connectivity index (χ1) is 8.31. The molecule has 102 valence electrons. The SMILES string of the molecule is COc1ccc(CNC(C)(C)C)cc1CN(C)C. The number of hydrogen-bond donors (Lipinski definition) is 1. The van der Waals surface area contributed by atoms with E-state index in [9.17, 15) is 0 Å². The van der Waals surface area contributed by atoms with E-state index in [0.717, 1.165) is 18.8 Å². The maximum absolute atomic E-state index is 5.40. The van der Waals surface area contributed by atoms with E-state index >= 15 is 0 Å². The smallest absolute Gasteiger partial charge is 0.123 e. The Balaban J connectivity index is 2.82. The highest BCUT2D eigenvalue weighted by Gasteiger charge is 2.10. The molecule has 0 bridgehead atoms. The highest BCUT2D eigenvalue weighted by Crippen LogP contribution is 2.21. The normalized spacial score (nSPS) is 11.9. The molecule has 0 aromatic heterocycles. The van der Waals surface area contributed by atoms with Crippen LogP contribution in [0.3, 0.4) is 0 Å². The fourth-order valence-electron chi connectivity index (χ4n) is 1.77. The summed E-state index contributed by atoms with van der Waals surface area (Å²) in [5, 5.41) is 3.50. The standard InChI is InChI=1S/C15H26N2O/c1-15(2,3)16-10-12-7-8-14(18-6)13(9-12)11-17(4)5/h7-9,16H,10-11H2,1-6H3. The van der Waals surface area contributed by atoms with E-state index in [1.165, 1.54) is 11.1 Å². The van der Waals surface area contributed by atoms with Crippen LogP contribution in [0, 0.1) is 0 Å². The lowest BCUT2D eigenvalue weighted by molar-refractivity contribution is 0.371. The molecule has 0 radical (unpaired) electrons. The molecule has 1 rings (SSSR count). The minimum absolute atomic E-state index is 0.141. The number of hydrogen-bond acceptors (Lipinski definition) is 3. The summed E-state index contributed by atoms with van der Waals surface area (Å²) in [5.74, 6) is 0.961. The molecule has 0 saturated carbocycles. The Hall–Kier alpha value is -1.06. The van der Waals surface area contributed by atoms with Crippen LogP contribution in [-0.2, 0) is 13.1 Å². The van der Waals surface area contributed by atoms with Crippen molar-refractivity contribution in [3.8, 4) is 5.75 Å². The van der Waals surface area contributed by atoms with Gasteiger partial charge in [0.25, 0.3) is 0 Å². The third-order valence-electron chi connectivity index (χ3n) is 2.65. The summed E-state index contributed by atoms with van der Waals surface area (Å²) in [6, 6.07) is 6.40. The van der Waals surface area contributed by atoms with Crippen LogP contribution in [0.25, 0.3) is 0 Å². The number of rotatable bonds is 5. The van der Waals surface area contributed by atoms with Crippen molar-refractivity contribution in [2.24, 2.45) is 0 Å². The van der Waals surface area contributed by atoms with Crippen LogP contribution in [0.5, 0.6) is 5.75 Å². The highest BCUT2D eigenvalue weighted by atomic mass is 16.5. The maximum atomic E-state index is 5.40. The van der Waals surface area contributed by atoms with Gasteiger partial charge in [-0.25, -0.2) is 0 Å². The predicted octanol–water partition coefficient (Wildman–Crippen LogP) is 2.64. The van der Waals surface area contributed by atoms with Gasteiger partial charge < -0.3 is 15.0 Å². The average molecular weight is 250 g/mol. The van der Waals surface area contributed by atoms with Crippen LogP contribution in [0.1, 0.15) is 31.9 Å². The quantitative estimate of drug-likeness (QED) is 0.869. The molecule has 0 aliphatic rings. The molecule has 1 N–H and O–H groups in total. The van der Waals surface area contributed by atoms with Gasteiger partial charge in [-0.3, -0.25) is 0 Å². The Morgan fingerprint density at radius 2 is 1.89 bits per heavy atom. The van der Waals surface area contributed by atoms with Gasteiger partial charge in [0.1, 0.15) is 5.75 Å². The Labute approximate surface area is 111 Å². The molecule has 0 aliphatic heterocycles. The molecule has 0 spiro atoms. The van der Waals surface area contributed by atoms with Crippen molar-refractivity contribution in [3.63, 3.8) is 0 Å². The molecule has 1 aromatic carbocycles. The van der Waals surface area contributed by atoms with Crippen molar-refractivity contribution in [1.82, 2.24) is 10.2 Å². The first-order valence-corrected chi connectivity index (χ1v) is 6.37. The molecule has 0 atom stereocenters. The second-order valence-corrected chi connectivity index (χ2v) is 5.99. The largest absolute Gasteiger partial charge is 0.496 e. The van der Waals surface area contributed by atoms with E-state index in [4.69, 9.17) is 4.74 Å². The Morgan fingerprint density at radius 3 is 2.39 bits per heavy atom. The lowest BCUT2D eigenvalue weighted by Crippen LogP contribution is -2.35. The van der Waals surface area contributed by atoms with E-state index < -0.39 is 0 Å². The van der Waals surface area contributed by atoms with Crippen molar-refractivity contribution in [1.29, 1.82) is 0 Å². The molecule has 0 amide bonds. The predicted molar refractivity (Wildman–Crippen MR) is 77.0 cm³/mol. The molecular formula is C15H26N2O. The van der Waals surface area contributed by atoms with E-state index in [-0.39, 0.29) is 5.54 Å². The van der Waals surface area contributed by atoms with E-state index in [0.29, 0.717) is 0 Å². The third-order valence-corrected chi connectivity index (χ3v) is 2.65. The number of nitrogens with zero attached hydrogens (tertiary/aromatic N) is 1. The first-order valence-electron chi connectivity index (χ1n) is 6.37. The molecule has 0 fully saturated rings. The van der Waals surface area contributed by atoms with Gasteiger partial charge in [0, 0.05) is 24.2 Å². The molecular weight excluding hydrogens is 224 g/mol. The Kier molecular flexibility index (Phi) is 5.17. The Morgan fingerprint density at radius 1 is 1.22 bits per heavy atom. The second kappa shape index (κ2) is 6.21. The number of nitrogens with one attached hydrogen (secondary N) is 1. The van der Waals surface area contributed by atoms with Crippen LogP contribution in [0.2, 0.25) is 0 Å². The Bertz CT molecular complexity index is 381. The van der Waals surface area contributed by atoms with Crippen LogP contribution in [0.4, 0.5) is 0 Å². The zero-order chi connectivity index (χ0) is 13.8. The van der Waals surface area contributed by atoms with Crippen molar-refractivity contribution in [2.45, 2.75) is 39.4 Å². The molecule has 0 unspecified atom stereocenters. The van der Waals surface area contributed by atoms with Crippen molar-refractivity contribution < 1.29 is 4.74 Å². The van der Waals surface area contributed by atoms with E-state index in [1.807, 2.05) is 0 Å². The summed E-state index contributed by atoms with van der Waals surface area (Å²) < 4.78 is 5.40. The van der Waals surface area contributed by atoms with E-state index in [2.05, 4.69) is 63.3 Å². The molecule has 3 heteroatoms. The van der Waals surface area contributed by atoms with Crippen LogP contribution < -0.4 is 10.1 Å². The van der Waals surface area contributed by atoms with Gasteiger partial charge in [0.05, 0.1) is 7.11 Å². The second-order valence-electron chi connectivity index (χ2n) is 5.99. The van der Waals surface area contributed by atoms with Crippen molar-refractivity contribution >= 4 is 0 Å². The zero-order valence-corrected chi connectivity index (χ0v) is 12.5. The fraction of sp³-hybridized carbons (Fsp3) is 0.600. The van der Waals surface area contributed by atoms with Crippen molar-refractivity contribution in [3.05, 3.63) is 29.3 Å². The molecule has 18 heavy (non-hydrogen) atoms. The van der Waals surface area contributed by atoms with Gasteiger partial charge in [-0.05, 0) is 52.6 Å². The topological polar surface area (TPSA) is 24.5 Å². The van der Waals surface area contributed by atoms with E-state index in [1.54, 1.807) is 7.11 Å². The van der Waals surface area contributed by atoms with Gasteiger partial charge >= 0.3 is 0 Å². The van der Waals surface area contributed by atoms with Gasteiger partial charge in [0.2, 0.25) is 0 Å². The minimum atomic E-state index is 0.141. The fourth-order valence-corrected chi connectivity index (χ4v) is 1.77. The summed E-state index contributed by atoms with van der Waals surface area (Å²) in [5.41, 5.74) is 2.67. The first kappa shape index (κ1) is 15.0. The minimum Gasteiger partial charge on any atom is -0.496 e. The zero-order valence-electron chi connectivity index (χ0n) is 12.5. The lowest BCUT2D eigenvalue weighted by Gasteiger charge is -2.21. The number of benzene rings is 1. The van der Waals surface area contributed by atoms with Gasteiger partial charge in [0.15, 0.2) is 0 Å². The van der Waals surface area contributed by atoms with Gasteiger partial charge in [-0.1, -0.05) is 6.07 Å². The summed E-state index contributed by atoms with van der Waals surface area (Å²) in [6.07, 6.45) is 0. The molecule has 3 nitrogen and oxygen atoms in total. The van der Waals surface area contributed by atoms with Gasteiger partial charge in [-0.15, -0.1) is 0 Å². The lowest BCUT2D eigenvalue weighted by atomic mass is 10.1. The summed E-state index contributed by atoms with van der Waals surface area (Å²) >= 11 is 0. The molecule has 0 heterocycles. The monoisotopic (exact) mass is 250 g/mol. The van der Waals surface area contributed by atoms with Crippen LogP contribution in [0.15, 0.2) is 18.2 Å². The average Bonchev–Trinajstić information content (AvgIpc) is 2.25. The molecule has 0 aliphatic carbocycles.